The molecule has 68 valence electrons. The molecule has 1 heteroatoms. The fourth-order valence-corrected chi connectivity index (χ4v) is 0.988. The van der Waals surface area contributed by atoms with E-state index in [9.17, 15) is 0 Å². The first-order chi connectivity index (χ1) is 5.07. The summed E-state index contributed by atoms with van der Waals surface area (Å²) in [6, 6.07) is 0.740. The Bertz CT molecular complexity index is 88.9. The molecule has 0 aliphatic rings. The Balaban J connectivity index is 3.37. The number of nitrogens with zero attached hydrogens (tertiary/aromatic N) is 1. The van der Waals surface area contributed by atoms with Crippen molar-refractivity contribution in [3.63, 3.8) is 0 Å². The second-order valence-electron chi connectivity index (χ2n) is 3.90. The molecule has 1 nitrogen and oxygen atoms in total. The molecule has 0 fully saturated rings. The van der Waals surface area contributed by atoms with Gasteiger partial charge in [0.1, 0.15) is 0 Å². The smallest absolute Gasteiger partial charge is 0.00609 e. The molecule has 0 aliphatic carbocycles. The van der Waals surface area contributed by atoms with Crippen LogP contribution in [-0.2, 0) is 0 Å². The third kappa shape index (κ3) is 5.25. The summed E-state index contributed by atoms with van der Waals surface area (Å²) in [6.45, 7) is 6.90. The molecule has 0 unspecified atom stereocenters. The lowest BCUT2D eigenvalue weighted by atomic mass is 10.00. The molecule has 0 bridgehead atoms. The summed E-state index contributed by atoms with van der Waals surface area (Å²) in [5.74, 6) is 0.900. The number of rotatable bonds is 5. The minimum absolute atomic E-state index is 0.740. The van der Waals surface area contributed by atoms with Crippen LogP contribution in [0.2, 0.25) is 0 Å². The van der Waals surface area contributed by atoms with E-state index in [0.29, 0.717) is 0 Å². The maximum absolute atomic E-state index is 2.34. The Hall–Kier alpha value is -0.0400. The van der Waals surface area contributed by atoms with Crippen LogP contribution in [0.5, 0.6) is 0 Å². The van der Waals surface area contributed by atoms with Gasteiger partial charge in [0.15, 0.2) is 0 Å². The zero-order valence-corrected chi connectivity index (χ0v) is 8.72. The second-order valence-corrected chi connectivity index (χ2v) is 3.90. The zero-order chi connectivity index (χ0) is 8.85. The molecule has 0 aromatic rings. The van der Waals surface area contributed by atoms with Crippen LogP contribution in [0.4, 0.5) is 0 Å². The molecular weight excluding hydrogens is 134 g/mol. The summed E-state index contributed by atoms with van der Waals surface area (Å²) in [5.41, 5.74) is 0. The lowest BCUT2D eigenvalue weighted by Gasteiger charge is -2.20. The highest BCUT2D eigenvalue weighted by Gasteiger charge is 2.06. The lowest BCUT2D eigenvalue weighted by molar-refractivity contribution is 0.279. The number of hydrogen-bond acceptors (Lipinski definition) is 1. The fourth-order valence-electron chi connectivity index (χ4n) is 0.988. The SMILES string of the molecule is CC[C@@H](C)CC[C@@H](C)N(C)C. The van der Waals surface area contributed by atoms with Gasteiger partial charge in [-0.3, -0.25) is 0 Å². The topological polar surface area (TPSA) is 3.24 Å². The first kappa shape index (κ1) is 11.0. The average Bonchev–Trinajstić information content (AvgIpc) is 1.99. The van der Waals surface area contributed by atoms with E-state index in [0.717, 1.165) is 12.0 Å². The predicted octanol–water partition coefficient (Wildman–Crippen LogP) is 2.76. The van der Waals surface area contributed by atoms with Gasteiger partial charge >= 0.3 is 0 Å². The quantitative estimate of drug-likeness (QED) is 0.593. The molecule has 0 N–H and O–H groups in total. The molecular formula is C10H23N. The van der Waals surface area contributed by atoms with Crippen LogP contribution in [0, 0.1) is 5.92 Å². The molecule has 0 amide bonds. The molecule has 0 saturated heterocycles. The van der Waals surface area contributed by atoms with E-state index in [1.54, 1.807) is 0 Å². The van der Waals surface area contributed by atoms with Crippen molar-refractivity contribution in [1.29, 1.82) is 0 Å². The van der Waals surface area contributed by atoms with Gasteiger partial charge in [0, 0.05) is 6.04 Å². The number of hydrogen-bond donors (Lipinski definition) is 0. The molecule has 0 aromatic carbocycles. The lowest BCUT2D eigenvalue weighted by Crippen LogP contribution is -2.24. The highest BCUT2D eigenvalue weighted by atomic mass is 15.1. The highest BCUT2D eigenvalue weighted by Crippen LogP contribution is 2.12. The Kier molecular flexibility index (Phi) is 5.57. The van der Waals surface area contributed by atoms with Gasteiger partial charge in [0.25, 0.3) is 0 Å². The van der Waals surface area contributed by atoms with Crippen LogP contribution in [0.1, 0.15) is 40.0 Å². The van der Waals surface area contributed by atoms with E-state index in [1.807, 2.05) is 0 Å². The Morgan fingerprint density at radius 2 is 1.64 bits per heavy atom. The van der Waals surface area contributed by atoms with E-state index in [4.69, 9.17) is 0 Å². The van der Waals surface area contributed by atoms with Crippen molar-refractivity contribution in [2.45, 2.75) is 46.1 Å². The Morgan fingerprint density at radius 1 is 1.09 bits per heavy atom. The van der Waals surface area contributed by atoms with Crippen molar-refractivity contribution in [3.8, 4) is 0 Å². The molecule has 11 heavy (non-hydrogen) atoms. The summed E-state index contributed by atoms with van der Waals surface area (Å²) in [7, 11) is 4.31. The van der Waals surface area contributed by atoms with Gasteiger partial charge in [0.05, 0.1) is 0 Å². The summed E-state index contributed by atoms with van der Waals surface area (Å²) in [6.07, 6.45) is 4.03. The van der Waals surface area contributed by atoms with Crippen molar-refractivity contribution in [2.75, 3.05) is 14.1 Å². The van der Waals surface area contributed by atoms with Crippen LogP contribution >= 0.6 is 0 Å². The van der Waals surface area contributed by atoms with E-state index in [1.165, 1.54) is 19.3 Å². The van der Waals surface area contributed by atoms with Crippen molar-refractivity contribution < 1.29 is 0 Å². The van der Waals surface area contributed by atoms with Crippen LogP contribution < -0.4 is 0 Å². The van der Waals surface area contributed by atoms with E-state index in [2.05, 4.69) is 39.8 Å². The van der Waals surface area contributed by atoms with Gasteiger partial charge in [0.2, 0.25) is 0 Å². The summed E-state index contributed by atoms with van der Waals surface area (Å²) in [5, 5.41) is 0. The van der Waals surface area contributed by atoms with Gasteiger partial charge < -0.3 is 4.90 Å². The van der Waals surface area contributed by atoms with Gasteiger partial charge in [-0.2, -0.15) is 0 Å². The Labute approximate surface area is 71.8 Å². The highest BCUT2D eigenvalue weighted by molar-refractivity contribution is 4.61. The van der Waals surface area contributed by atoms with Crippen molar-refractivity contribution in [2.24, 2.45) is 5.92 Å². The van der Waals surface area contributed by atoms with Crippen molar-refractivity contribution >= 4 is 0 Å². The Morgan fingerprint density at radius 3 is 2.00 bits per heavy atom. The molecule has 0 spiro atoms. The van der Waals surface area contributed by atoms with Gasteiger partial charge in [-0.15, -0.1) is 0 Å². The van der Waals surface area contributed by atoms with Gasteiger partial charge in [-0.05, 0) is 39.8 Å². The first-order valence-electron chi connectivity index (χ1n) is 4.74. The van der Waals surface area contributed by atoms with Gasteiger partial charge in [-0.25, -0.2) is 0 Å². The van der Waals surface area contributed by atoms with Gasteiger partial charge in [-0.1, -0.05) is 20.3 Å². The molecule has 0 saturated carbocycles. The van der Waals surface area contributed by atoms with Crippen LogP contribution in [-0.4, -0.2) is 25.0 Å². The second kappa shape index (κ2) is 5.59. The molecule has 0 radical (unpaired) electrons. The van der Waals surface area contributed by atoms with Crippen LogP contribution in [0.15, 0.2) is 0 Å². The summed E-state index contributed by atoms with van der Waals surface area (Å²) < 4.78 is 0. The normalized spacial score (nSPS) is 16.9. The fraction of sp³-hybridized carbons (Fsp3) is 1.00. The summed E-state index contributed by atoms with van der Waals surface area (Å²) in [4.78, 5) is 2.29. The average molecular weight is 157 g/mol. The van der Waals surface area contributed by atoms with Crippen LogP contribution in [0.3, 0.4) is 0 Å². The van der Waals surface area contributed by atoms with E-state index < -0.39 is 0 Å². The maximum Gasteiger partial charge on any atom is 0.00609 e. The third-order valence-corrected chi connectivity index (χ3v) is 2.66. The monoisotopic (exact) mass is 157 g/mol. The first-order valence-corrected chi connectivity index (χ1v) is 4.74. The molecule has 0 heterocycles. The minimum atomic E-state index is 0.740. The van der Waals surface area contributed by atoms with Crippen molar-refractivity contribution in [3.05, 3.63) is 0 Å². The van der Waals surface area contributed by atoms with E-state index >= 15 is 0 Å². The third-order valence-electron chi connectivity index (χ3n) is 2.66. The molecule has 0 aliphatic heterocycles. The van der Waals surface area contributed by atoms with Crippen LogP contribution in [0.25, 0.3) is 0 Å². The molecule has 2 atom stereocenters. The van der Waals surface area contributed by atoms with Crippen molar-refractivity contribution in [1.82, 2.24) is 4.90 Å². The largest absolute Gasteiger partial charge is 0.307 e. The summed E-state index contributed by atoms with van der Waals surface area (Å²) >= 11 is 0. The van der Waals surface area contributed by atoms with E-state index in [-0.39, 0.29) is 0 Å². The minimum Gasteiger partial charge on any atom is -0.307 e. The standard InChI is InChI=1S/C10H23N/c1-6-9(2)7-8-10(3)11(4)5/h9-10H,6-8H2,1-5H3/t9-,10-/m1/s1. The zero-order valence-electron chi connectivity index (χ0n) is 8.72. The molecule has 0 rings (SSSR count). The maximum atomic E-state index is 2.34. The predicted molar refractivity (Wildman–Crippen MR) is 51.8 cm³/mol. The molecule has 0 aromatic heterocycles.